The Morgan fingerprint density at radius 2 is 1.89 bits per heavy atom. The lowest BCUT2D eigenvalue weighted by atomic mass is 10.1. The Hall–Kier alpha value is -2.16. The molecule has 0 saturated carbocycles. The van der Waals surface area contributed by atoms with Crippen molar-refractivity contribution in [1.29, 1.82) is 0 Å². The molecule has 2 aromatic rings. The minimum absolute atomic E-state index is 0.0290. The normalized spacial score (nSPS) is 11.1. The second-order valence-corrected chi connectivity index (χ2v) is 4.40. The van der Waals surface area contributed by atoms with Crippen molar-refractivity contribution in [2.45, 2.75) is 13.8 Å². The van der Waals surface area contributed by atoms with Gasteiger partial charge in [-0.1, -0.05) is 35.9 Å². The van der Waals surface area contributed by atoms with Crippen LogP contribution in [0, 0.1) is 13.8 Å². The van der Waals surface area contributed by atoms with E-state index in [0.717, 1.165) is 11.3 Å². The smallest absolute Gasteiger partial charge is 0.203 e. The van der Waals surface area contributed by atoms with E-state index >= 15 is 0 Å². The summed E-state index contributed by atoms with van der Waals surface area (Å²) in [5.41, 5.74) is 3.69. The van der Waals surface area contributed by atoms with E-state index in [1.165, 1.54) is 5.56 Å². The molecule has 0 fully saturated rings. The first-order chi connectivity index (χ1) is 8.56. The number of hydrogen-bond donors (Lipinski definition) is 0. The molecule has 0 bridgehead atoms. The van der Waals surface area contributed by atoms with Crippen LogP contribution in [-0.4, -0.2) is 15.6 Å². The minimum Gasteiger partial charge on any atom is -0.288 e. The maximum Gasteiger partial charge on any atom is 0.203 e. The molecule has 0 spiro atoms. The van der Waals surface area contributed by atoms with E-state index in [1.807, 2.05) is 44.2 Å². The number of rotatable bonds is 3. The summed E-state index contributed by atoms with van der Waals surface area (Å²) in [6.45, 7) is 3.91. The van der Waals surface area contributed by atoms with Crippen molar-refractivity contribution >= 4 is 11.9 Å². The van der Waals surface area contributed by atoms with Crippen LogP contribution in [0.3, 0.4) is 0 Å². The molecule has 0 aliphatic rings. The molecule has 0 saturated heterocycles. The molecule has 2 rings (SSSR count). The van der Waals surface area contributed by atoms with Crippen LogP contribution in [0.25, 0.3) is 6.08 Å². The van der Waals surface area contributed by atoms with Crippen molar-refractivity contribution in [2.24, 2.45) is 7.05 Å². The summed E-state index contributed by atoms with van der Waals surface area (Å²) in [6, 6.07) is 9.83. The van der Waals surface area contributed by atoms with Gasteiger partial charge in [0.15, 0.2) is 0 Å². The number of benzene rings is 1. The van der Waals surface area contributed by atoms with E-state index in [0.29, 0.717) is 5.69 Å². The highest BCUT2D eigenvalue weighted by Gasteiger charge is 2.08. The molecule has 1 heterocycles. The van der Waals surface area contributed by atoms with Crippen molar-refractivity contribution in [3.05, 3.63) is 58.9 Å². The average Bonchev–Trinajstić information content (AvgIpc) is 2.67. The van der Waals surface area contributed by atoms with Gasteiger partial charge in [0.05, 0.1) is 5.69 Å². The molecule has 3 heteroatoms. The second-order valence-electron chi connectivity index (χ2n) is 4.40. The fourth-order valence-electron chi connectivity index (χ4n) is 1.78. The van der Waals surface area contributed by atoms with Gasteiger partial charge in [0.2, 0.25) is 5.78 Å². The van der Waals surface area contributed by atoms with Crippen LogP contribution < -0.4 is 0 Å². The molecule has 1 aromatic heterocycles. The largest absolute Gasteiger partial charge is 0.288 e. The number of aryl methyl sites for hydroxylation is 3. The molecule has 0 aliphatic carbocycles. The lowest BCUT2D eigenvalue weighted by molar-refractivity contribution is 0.103. The highest BCUT2D eigenvalue weighted by atomic mass is 16.1. The van der Waals surface area contributed by atoms with Crippen LogP contribution in [0.2, 0.25) is 0 Å². The third-order valence-electron chi connectivity index (χ3n) is 2.76. The Labute approximate surface area is 107 Å². The lowest BCUT2D eigenvalue weighted by Gasteiger charge is -1.96. The summed E-state index contributed by atoms with van der Waals surface area (Å²) in [6.07, 6.45) is 3.41. The van der Waals surface area contributed by atoms with E-state index in [1.54, 1.807) is 23.9 Å². The predicted octanol–water partition coefficient (Wildman–Crippen LogP) is 2.93. The van der Waals surface area contributed by atoms with E-state index in [2.05, 4.69) is 5.10 Å². The van der Waals surface area contributed by atoms with Gasteiger partial charge in [0.1, 0.15) is 5.69 Å². The van der Waals surface area contributed by atoms with Crippen LogP contribution in [-0.2, 0) is 7.05 Å². The standard InChI is InChI=1S/C15H16N2O/c1-11-4-6-13(7-5-11)8-9-15(18)14-10-12(2)16-17(14)3/h4-10H,1-3H3/b9-8+. The molecule has 0 N–H and O–H groups in total. The first-order valence-corrected chi connectivity index (χ1v) is 5.86. The molecule has 18 heavy (non-hydrogen) atoms. The molecule has 0 aliphatic heterocycles. The van der Waals surface area contributed by atoms with Crippen molar-refractivity contribution < 1.29 is 4.79 Å². The Bertz CT molecular complexity index is 591. The topological polar surface area (TPSA) is 34.9 Å². The van der Waals surface area contributed by atoms with Gasteiger partial charge in [0, 0.05) is 7.05 Å². The summed E-state index contributed by atoms with van der Waals surface area (Å²) in [4.78, 5) is 12.0. The minimum atomic E-state index is -0.0290. The first kappa shape index (κ1) is 12.3. The number of ketones is 1. The number of aromatic nitrogens is 2. The van der Waals surface area contributed by atoms with Crippen molar-refractivity contribution in [3.8, 4) is 0 Å². The summed E-state index contributed by atoms with van der Waals surface area (Å²) < 4.78 is 1.61. The van der Waals surface area contributed by atoms with Gasteiger partial charge < -0.3 is 0 Å². The lowest BCUT2D eigenvalue weighted by Crippen LogP contribution is -2.03. The van der Waals surface area contributed by atoms with Gasteiger partial charge >= 0.3 is 0 Å². The van der Waals surface area contributed by atoms with Crippen LogP contribution in [0.15, 0.2) is 36.4 Å². The van der Waals surface area contributed by atoms with Crippen molar-refractivity contribution in [1.82, 2.24) is 9.78 Å². The summed E-state index contributed by atoms with van der Waals surface area (Å²) in [7, 11) is 1.78. The van der Waals surface area contributed by atoms with Gasteiger partial charge in [-0.05, 0) is 31.6 Å². The number of nitrogens with zero attached hydrogens (tertiary/aromatic N) is 2. The number of hydrogen-bond acceptors (Lipinski definition) is 2. The molecule has 0 radical (unpaired) electrons. The molecular weight excluding hydrogens is 224 g/mol. The van der Waals surface area contributed by atoms with E-state index in [-0.39, 0.29) is 5.78 Å². The summed E-state index contributed by atoms with van der Waals surface area (Å²) in [5.74, 6) is -0.0290. The molecule has 0 unspecified atom stereocenters. The van der Waals surface area contributed by atoms with E-state index in [4.69, 9.17) is 0 Å². The SMILES string of the molecule is Cc1ccc(/C=C/C(=O)c2cc(C)nn2C)cc1. The van der Waals surface area contributed by atoms with Crippen LogP contribution in [0.4, 0.5) is 0 Å². The molecule has 0 amide bonds. The van der Waals surface area contributed by atoms with Gasteiger partial charge in [-0.15, -0.1) is 0 Å². The third-order valence-corrected chi connectivity index (χ3v) is 2.76. The monoisotopic (exact) mass is 240 g/mol. The average molecular weight is 240 g/mol. The van der Waals surface area contributed by atoms with Gasteiger partial charge in [0.25, 0.3) is 0 Å². The molecule has 3 nitrogen and oxygen atoms in total. The molecule has 92 valence electrons. The van der Waals surface area contributed by atoms with Crippen molar-refractivity contribution in [3.63, 3.8) is 0 Å². The first-order valence-electron chi connectivity index (χ1n) is 5.86. The van der Waals surface area contributed by atoms with Crippen LogP contribution in [0.5, 0.6) is 0 Å². The van der Waals surface area contributed by atoms with Crippen LogP contribution >= 0.6 is 0 Å². The Kier molecular flexibility index (Phi) is 3.42. The number of allylic oxidation sites excluding steroid dienone is 1. The summed E-state index contributed by atoms with van der Waals surface area (Å²) >= 11 is 0. The predicted molar refractivity (Wildman–Crippen MR) is 72.5 cm³/mol. The highest BCUT2D eigenvalue weighted by Crippen LogP contribution is 2.08. The van der Waals surface area contributed by atoms with E-state index < -0.39 is 0 Å². The number of carbonyl (C=O) groups excluding carboxylic acids is 1. The van der Waals surface area contributed by atoms with Gasteiger partial charge in [-0.25, -0.2) is 0 Å². The zero-order valence-corrected chi connectivity index (χ0v) is 10.8. The highest BCUT2D eigenvalue weighted by molar-refractivity contribution is 6.05. The summed E-state index contributed by atoms with van der Waals surface area (Å²) in [5, 5.41) is 4.16. The van der Waals surface area contributed by atoms with Crippen LogP contribution in [0.1, 0.15) is 27.3 Å². The van der Waals surface area contributed by atoms with E-state index in [9.17, 15) is 4.79 Å². The second kappa shape index (κ2) is 5.00. The van der Waals surface area contributed by atoms with Gasteiger partial charge in [-0.2, -0.15) is 5.10 Å². The maximum atomic E-state index is 12.0. The number of carbonyl (C=O) groups is 1. The Morgan fingerprint density at radius 1 is 1.22 bits per heavy atom. The zero-order valence-electron chi connectivity index (χ0n) is 10.8. The third kappa shape index (κ3) is 2.74. The van der Waals surface area contributed by atoms with Gasteiger partial charge in [-0.3, -0.25) is 9.48 Å². The molecular formula is C15H16N2O. The fourth-order valence-corrected chi connectivity index (χ4v) is 1.78. The van der Waals surface area contributed by atoms with Crippen molar-refractivity contribution in [2.75, 3.05) is 0 Å². The quantitative estimate of drug-likeness (QED) is 0.610. The Morgan fingerprint density at radius 3 is 2.44 bits per heavy atom. The molecule has 0 atom stereocenters. The zero-order chi connectivity index (χ0) is 13.1. The maximum absolute atomic E-state index is 12.0. The Balaban J connectivity index is 2.16. The fraction of sp³-hybridized carbons (Fsp3) is 0.200. The molecule has 1 aromatic carbocycles.